The quantitative estimate of drug-likeness (QED) is 0.435. The molecular formula is C12H24IN. The zero-order valence-corrected chi connectivity index (χ0v) is 11.5. The summed E-state index contributed by atoms with van der Waals surface area (Å²) in [7, 11) is 0. The highest BCUT2D eigenvalue weighted by Crippen LogP contribution is 2.23. The van der Waals surface area contributed by atoms with Gasteiger partial charge in [-0.2, -0.15) is 0 Å². The van der Waals surface area contributed by atoms with E-state index in [0.29, 0.717) is 0 Å². The van der Waals surface area contributed by atoms with Crippen molar-refractivity contribution in [1.82, 2.24) is 0 Å². The van der Waals surface area contributed by atoms with Gasteiger partial charge in [-0.3, -0.25) is 0 Å². The van der Waals surface area contributed by atoms with Crippen molar-refractivity contribution in [3.05, 3.63) is 0 Å². The minimum Gasteiger partial charge on any atom is -1.00 e. The van der Waals surface area contributed by atoms with Crippen molar-refractivity contribution < 1.29 is 28.5 Å². The maximum Gasteiger partial charge on any atom is 0.0786 e. The molecule has 0 unspecified atom stereocenters. The van der Waals surface area contributed by atoms with Crippen LogP contribution < -0.4 is 24.0 Å². The first kappa shape index (κ1) is 12.8. The molecule has 1 nitrogen and oxygen atoms in total. The van der Waals surface area contributed by atoms with Crippen LogP contribution in [0, 0.1) is 0 Å². The fourth-order valence-corrected chi connectivity index (χ4v) is 3.17. The van der Waals surface area contributed by atoms with Gasteiger partial charge in [0.2, 0.25) is 0 Å². The Morgan fingerprint density at radius 2 is 0.714 bits per heavy atom. The predicted octanol–water partition coefficient (Wildman–Crippen LogP) is -0.0448. The van der Waals surface area contributed by atoms with Gasteiger partial charge in [0.05, 0.1) is 26.2 Å². The van der Waals surface area contributed by atoms with Gasteiger partial charge in [-0.05, 0) is 51.4 Å². The Hall–Kier alpha value is 0.690. The second-order valence-corrected chi connectivity index (χ2v) is 5.06. The molecule has 2 fully saturated rings. The fraction of sp³-hybridized carbons (Fsp3) is 1.00. The van der Waals surface area contributed by atoms with E-state index in [1.807, 2.05) is 0 Å². The molecule has 0 aromatic heterocycles. The first-order valence-electron chi connectivity index (χ1n) is 6.26. The van der Waals surface area contributed by atoms with Crippen LogP contribution in [0.2, 0.25) is 0 Å². The number of halogens is 1. The zero-order chi connectivity index (χ0) is 8.99. The van der Waals surface area contributed by atoms with Crippen molar-refractivity contribution in [3.63, 3.8) is 0 Å². The largest absolute Gasteiger partial charge is 1.00 e. The van der Waals surface area contributed by atoms with Crippen LogP contribution in [0.5, 0.6) is 0 Å². The third-order valence-corrected chi connectivity index (χ3v) is 4.03. The van der Waals surface area contributed by atoms with E-state index >= 15 is 0 Å². The lowest BCUT2D eigenvalue weighted by Gasteiger charge is -2.36. The standard InChI is InChI=1S/C12H24N.HI/c1-2-6-10-13(9-5-1)11-7-3-4-8-12-13;/h1-12H2;1H/q+1;/p-1. The Kier molecular flexibility index (Phi) is 5.75. The lowest BCUT2D eigenvalue weighted by Crippen LogP contribution is -3.00. The van der Waals surface area contributed by atoms with Gasteiger partial charge in [-0.15, -0.1) is 0 Å². The summed E-state index contributed by atoms with van der Waals surface area (Å²) in [5.41, 5.74) is 0. The zero-order valence-electron chi connectivity index (χ0n) is 9.31. The molecule has 2 aliphatic heterocycles. The Bertz CT molecular complexity index is 121. The summed E-state index contributed by atoms with van der Waals surface area (Å²) < 4.78 is 1.50. The molecule has 2 aliphatic rings. The van der Waals surface area contributed by atoms with E-state index in [9.17, 15) is 0 Å². The molecule has 0 aromatic carbocycles. The van der Waals surface area contributed by atoms with Crippen molar-refractivity contribution in [2.75, 3.05) is 26.2 Å². The Morgan fingerprint density at radius 3 is 1.00 bits per heavy atom. The highest BCUT2D eigenvalue weighted by Gasteiger charge is 2.28. The minimum atomic E-state index is 0. The van der Waals surface area contributed by atoms with Gasteiger partial charge in [-0.25, -0.2) is 0 Å². The first-order chi connectivity index (χ1) is 6.41. The van der Waals surface area contributed by atoms with E-state index in [1.165, 1.54) is 82.0 Å². The summed E-state index contributed by atoms with van der Waals surface area (Å²) in [6.07, 6.45) is 12.0. The monoisotopic (exact) mass is 309 g/mol. The summed E-state index contributed by atoms with van der Waals surface area (Å²) >= 11 is 0. The molecule has 2 rings (SSSR count). The summed E-state index contributed by atoms with van der Waals surface area (Å²) in [5.74, 6) is 0. The maximum atomic E-state index is 1.50. The number of hydrogen-bond donors (Lipinski definition) is 0. The SMILES string of the molecule is C1CCC[N+]2(CC1)CCCCCC2.[I-]. The molecule has 0 bridgehead atoms. The van der Waals surface area contributed by atoms with Gasteiger partial charge in [-0.1, -0.05) is 0 Å². The Balaban J connectivity index is 0.000000980. The molecule has 2 saturated heterocycles. The van der Waals surface area contributed by atoms with Gasteiger partial charge in [0, 0.05) is 0 Å². The molecule has 0 saturated carbocycles. The molecule has 14 heavy (non-hydrogen) atoms. The fourth-order valence-electron chi connectivity index (χ4n) is 3.17. The molecule has 0 N–H and O–H groups in total. The number of hydrogen-bond acceptors (Lipinski definition) is 0. The Morgan fingerprint density at radius 1 is 0.429 bits per heavy atom. The molecular weight excluding hydrogens is 285 g/mol. The first-order valence-corrected chi connectivity index (χ1v) is 6.26. The normalized spacial score (nSPS) is 27.4. The van der Waals surface area contributed by atoms with Crippen molar-refractivity contribution in [2.24, 2.45) is 0 Å². The van der Waals surface area contributed by atoms with E-state index in [2.05, 4.69) is 0 Å². The highest BCUT2D eigenvalue weighted by atomic mass is 127. The van der Waals surface area contributed by atoms with E-state index in [4.69, 9.17) is 0 Å². The van der Waals surface area contributed by atoms with Crippen LogP contribution in [0.15, 0.2) is 0 Å². The molecule has 0 atom stereocenters. The summed E-state index contributed by atoms with van der Waals surface area (Å²) in [6, 6.07) is 0. The predicted molar refractivity (Wildman–Crippen MR) is 56.7 cm³/mol. The molecule has 0 amide bonds. The van der Waals surface area contributed by atoms with Gasteiger partial charge in [0.1, 0.15) is 0 Å². The highest BCUT2D eigenvalue weighted by molar-refractivity contribution is 4.58. The van der Waals surface area contributed by atoms with Crippen LogP contribution in [0.1, 0.15) is 51.4 Å². The van der Waals surface area contributed by atoms with Crippen LogP contribution in [-0.2, 0) is 0 Å². The summed E-state index contributed by atoms with van der Waals surface area (Å²) in [4.78, 5) is 0. The van der Waals surface area contributed by atoms with E-state index < -0.39 is 0 Å². The molecule has 1 spiro atoms. The van der Waals surface area contributed by atoms with Gasteiger partial charge < -0.3 is 28.5 Å². The molecule has 84 valence electrons. The molecule has 2 heterocycles. The van der Waals surface area contributed by atoms with Crippen LogP contribution in [0.25, 0.3) is 0 Å². The van der Waals surface area contributed by atoms with E-state index in [0.717, 1.165) is 0 Å². The van der Waals surface area contributed by atoms with Crippen molar-refractivity contribution in [2.45, 2.75) is 51.4 Å². The van der Waals surface area contributed by atoms with Crippen LogP contribution in [0.4, 0.5) is 0 Å². The van der Waals surface area contributed by atoms with Gasteiger partial charge in [0.25, 0.3) is 0 Å². The molecule has 2 heteroatoms. The lowest BCUT2D eigenvalue weighted by atomic mass is 10.2. The third-order valence-electron chi connectivity index (χ3n) is 4.03. The average Bonchev–Trinajstić information content (AvgIpc) is 2.50. The molecule has 0 aromatic rings. The number of nitrogens with zero attached hydrogens (tertiary/aromatic N) is 1. The van der Waals surface area contributed by atoms with Crippen molar-refractivity contribution >= 4 is 0 Å². The lowest BCUT2D eigenvalue weighted by molar-refractivity contribution is -0.926. The minimum absolute atomic E-state index is 0. The van der Waals surface area contributed by atoms with Gasteiger partial charge >= 0.3 is 0 Å². The second-order valence-electron chi connectivity index (χ2n) is 5.06. The Labute approximate surface area is 106 Å². The average molecular weight is 309 g/mol. The molecule has 0 aliphatic carbocycles. The molecule has 0 radical (unpaired) electrons. The van der Waals surface area contributed by atoms with Crippen LogP contribution in [-0.4, -0.2) is 30.7 Å². The summed E-state index contributed by atoms with van der Waals surface area (Å²) in [5, 5.41) is 0. The number of quaternary nitrogens is 1. The van der Waals surface area contributed by atoms with Gasteiger partial charge in [0.15, 0.2) is 0 Å². The second kappa shape index (κ2) is 6.31. The van der Waals surface area contributed by atoms with Crippen molar-refractivity contribution in [1.29, 1.82) is 0 Å². The topological polar surface area (TPSA) is 0 Å². The van der Waals surface area contributed by atoms with Crippen LogP contribution >= 0.6 is 0 Å². The summed E-state index contributed by atoms with van der Waals surface area (Å²) in [6.45, 7) is 6.00. The number of rotatable bonds is 0. The maximum absolute atomic E-state index is 1.50. The van der Waals surface area contributed by atoms with E-state index in [1.54, 1.807) is 0 Å². The van der Waals surface area contributed by atoms with Crippen LogP contribution in [0.3, 0.4) is 0 Å². The third kappa shape index (κ3) is 3.37. The van der Waals surface area contributed by atoms with E-state index in [-0.39, 0.29) is 24.0 Å². The van der Waals surface area contributed by atoms with Crippen molar-refractivity contribution in [3.8, 4) is 0 Å². The smallest absolute Gasteiger partial charge is 0.0786 e.